The highest BCUT2D eigenvalue weighted by Crippen LogP contribution is 2.30. The van der Waals surface area contributed by atoms with Crippen LogP contribution >= 0.6 is 0 Å². The smallest absolute Gasteiger partial charge is 0.416 e. The van der Waals surface area contributed by atoms with Gasteiger partial charge in [0.15, 0.2) is 0 Å². The van der Waals surface area contributed by atoms with Gasteiger partial charge < -0.3 is 14.4 Å². The Morgan fingerprint density at radius 1 is 1.10 bits per heavy atom. The number of aryl methyl sites for hydroxylation is 1. The second-order valence-electron chi connectivity index (χ2n) is 7.17. The molecule has 0 radical (unpaired) electrons. The van der Waals surface area contributed by atoms with Gasteiger partial charge in [0.25, 0.3) is 0 Å². The highest BCUT2D eigenvalue weighted by molar-refractivity contribution is 5.76. The molecular formula is C22H22F3N3O3. The summed E-state index contributed by atoms with van der Waals surface area (Å²) in [6, 6.07) is 14.0. The monoisotopic (exact) mass is 433 g/mol. The number of carbonyl (C=O) groups excluding carboxylic acids is 1. The van der Waals surface area contributed by atoms with Gasteiger partial charge in [0.05, 0.1) is 24.6 Å². The van der Waals surface area contributed by atoms with E-state index in [0.717, 1.165) is 17.7 Å². The van der Waals surface area contributed by atoms with Crippen LogP contribution in [0.1, 0.15) is 41.0 Å². The number of rotatable bonds is 8. The summed E-state index contributed by atoms with van der Waals surface area (Å²) in [4.78, 5) is 13.8. The second kappa shape index (κ2) is 9.74. The van der Waals surface area contributed by atoms with E-state index in [4.69, 9.17) is 4.42 Å². The van der Waals surface area contributed by atoms with Crippen molar-refractivity contribution in [1.29, 1.82) is 0 Å². The van der Waals surface area contributed by atoms with Gasteiger partial charge in [0, 0.05) is 19.9 Å². The van der Waals surface area contributed by atoms with E-state index < -0.39 is 17.8 Å². The van der Waals surface area contributed by atoms with Crippen LogP contribution in [0.25, 0.3) is 0 Å². The Kier molecular flexibility index (Phi) is 7.06. The van der Waals surface area contributed by atoms with Gasteiger partial charge >= 0.3 is 6.18 Å². The zero-order valence-electron chi connectivity index (χ0n) is 16.8. The fourth-order valence-electron chi connectivity index (χ4n) is 3.04. The number of aliphatic hydroxyl groups excluding tert-OH is 1. The van der Waals surface area contributed by atoms with Crippen LogP contribution in [-0.4, -0.2) is 39.7 Å². The Morgan fingerprint density at radius 3 is 2.52 bits per heavy atom. The van der Waals surface area contributed by atoms with Crippen molar-refractivity contribution in [3.05, 3.63) is 83.1 Å². The molecule has 0 saturated carbocycles. The fraction of sp³-hybridized carbons (Fsp3) is 0.318. The minimum absolute atomic E-state index is 0.0635. The molecule has 3 rings (SSSR count). The molecule has 0 aliphatic carbocycles. The van der Waals surface area contributed by atoms with Crippen LogP contribution < -0.4 is 0 Å². The van der Waals surface area contributed by atoms with Gasteiger partial charge in [-0.25, -0.2) is 0 Å². The SMILES string of the molecule is CN(CC(O)c1ccccc1)C(=O)CCc1nnc(Cc2cccc(C(F)(F)F)c2)o1. The van der Waals surface area contributed by atoms with Gasteiger partial charge in [-0.05, 0) is 17.2 Å². The third-order valence-corrected chi connectivity index (χ3v) is 4.73. The largest absolute Gasteiger partial charge is 0.425 e. The maximum atomic E-state index is 12.8. The van der Waals surface area contributed by atoms with Gasteiger partial charge in [-0.3, -0.25) is 4.79 Å². The number of likely N-dealkylation sites (N-methyl/N-ethyl adjacent to an activating group) is 1. The van der Waals surface area contributed by atoms with Gasteiger partial charge in [-0.2, -0.15) is 13.2 Å². The summed E-state index contributed by atoms with van der Waals surface area (Å²) in [5, 5.41) is 17.9. The molecule has 0 aliphatic rings. The molecule has 0 fully saturated rings. The molecule has 1 heterocycles. The van der Waals surface area contributed by atoms with Crippen molar-refractivity contribution in [3.8, 4) is 0 Å². The van der Waals surface area contributed by atoms with Crippen LogP contribution in [0.3, 0.4) is 0 Å². The number of alkyl halides is 3. The first-order valence-corrected chi connectivity index (χ1v) is 9.66. The molecule has 1 atom stereocenters. The van der Waals surface area contributed by atoms with Gasteiger partial charge in [-0.15, -0.1) is 10.2 Å². The quantitative estimate of drug-likeness (QED) is 0.585. The maximum absolute atomic E-state index is 12.8. The lowest BCUT2D eigenvalue weighted by atomic mass is 10.1. The van der Waals surface area contributed by atoms with Gasteiger partial charge in [0.1, 0.15) is 0 Å². The molecule has 0 spiro atoms. The highest BCUT2D eigenvalue weighted by Gasteiger charge is 2.30. The molecule has 1 N–H and O–H groups in total. The van der Waals surface area contributed by atoms with Crippen molar-refractivity contribution in [1.82, 2.24) is 15.1 Å². The van der Waals surface area contributed by atoms with Crippen molar-refractivity contribution < 1.29 is 27.5 Å². The zero-order chi connectivity index (χ0) is 22.4. The van der Waals surface area contributed by atoms with Gasteiger partial charge in [0.2, 0.25) is 17.7 Å². The Hall–Kier alpha value is -3.20. The molecule has 1 unspecified atom stereocenters. The number of benzene rings is 2. The minimum atomic E-state index is -4.42. The van der Waals surface area contributed by atoms with Crippen LogP contribution in [0.4, 0.5) is 13.2 Å². The van der Waals surface area contributed by atoms with E-state index in [1.54, 1.807) is 25.2 Å². The van der Waals surface area contributed by atoms with Crippen molar-refractivity contribution in [2.24, 2.45) is 0 Å². The number of carbonyl (C=O) groups is 1. The first-order chi connectivity index (χ1) is 14.7. The molecule has 3 aromatic rings. The van der Waals surface area contributed by atoms with Crippen molar-refractivity contribution >= 4 is 5.91 Å². The molecule has 0 aliphatic heterocycles. The summed E-state index contributed by atoms with van der Waals surface area (Å²) in [6.45, 7) is 0.146. The molecule has 6 nitrogen and oxygen atoms in total. The molecule has 1 amide bonds. The predicted molar refractivity (Wildman–Crippen MR) is 106 cm³/mol. The molecular weight excluding hydrogens is 411 g/mol. The second-order valence-corrected chi connectivity index (χ2v) is 7.17. The number of halogens is 3. The van der Waals surface area contributed by atoms with E-state index in [0.29, 0.717) is 5.56 Å². The van der Waals surface area contributed by atoms with Crippen molar-refractivity contribution in [3.63, 3.8) is 0 Å². The highest BCUT2D eigenvalue weighted by atomic mass is 19.4. The molecule has 2 aromatic carbocycles. The molecule has 0 bridgehead atoms. The summed E-state index contributed by atoms with van der Waals surface area (Å²) >= 11 is 0. The number of aliphatic hydroxyl groups is 1. The summed E-state index contributed by atoms with van der Waals surface area (Å²) in [5.74, 6) is 0.203. The first-order valence-electron chi connectivity index (χ1n) is 9.66. The summed E-state index contributed by atoms with van der Waals surface area (Å²) in [6.07, 6.45) is -4.86. The van der Waals surface area contributed by atoms with E-state index in [1.807, 2.05) is 18.2 Å². The van der Waals surface area contributed by atoms with Crippen molar-refractivity contribution in [2.45, 2.75) is 31.5 Å². The molecule has 164 valence electrons. The van der Waals surface area contributed by atoms with E-state index in [9.17, 15) is 23.1 Å². The number of amides is 1. The number of hydrogen-bond acceptors (Lipinski definition) is 5. The van der Waals surface area contributed by atoms with E-state index in [-0.39, 0.29) is 43.5 Å². The molecule has 9 heteroatoms. The molecule has 0 saturated heterocycles. The van der Waals surface area contributed by atoms with Crippen LogP contribution in [-0.2, 0) is 23.8 Å². The van der Waals surface area contributed by atoms with Gasteiger partial charge in [-0.1, -0.05) is 48.5 Å². The summed E-state index contributed by atoms with van der Waals surface area (Å²) in [7, 11) is 1.60. The Morgan fingerprint density at radius 2 is 1.81 bits per heavy atom. The lowest BCUT2D eigenvalue weighted by molar-refractivity contribution is -0.137. The topological polar surface area (TPSA) is 79.5 Å². The summed E-state index contributed by atoms with van der Waals surface area (Å²) < 4.78 is 43.9. The van der Waals surface area contributed by atoms with E-state index in [2.05, 4.69) is 10.2 Å². The zero-order valence-corrected chi connectivity index (χ0v) is 16.8. The van der Waals surface area contributed by atoms with E-state index >= 15 is 0 Å². The third kappa shape index (κ3) is 6.39. The number of hydrogen-bond donors (Lipinski definition) is 1. The molecule has 31 heavy (non-hydrogen) atoms. The van der Waals surface area contributed by atoms with Crippen LogP contribution in [0, 0.1) is 0 Å². The average Bonchev–Trinajstić information content (AvgIpc) is 3.19. The normalized spacial score (nSPS) is 12.5. The van der Waals surface area contributed by atoms with Crippen LogP contribution in [0.15, 0.2) is 59.0 Å². The Bertz CT molecular complexity index is 1010. The van der Waals surface area contributed by atoms with E-state index in [1.165, 1.54) is 11.0 Å². The number of aromatic nitrogens is 2. The lowest BCUT2D eigenvalue weighted by Gasteiger charge is -2.21. The predicted octanol–water partition coefficient (Wildman–Crippen LogP) is 3.80. The van der Waals surface area contributed by atoms with Crippen LogP contribution in [0.2, 0.25) is 0 Å². The summed E-state index contributed by atoms with van der Waals surface area (Å²) in [5.41, 5.74) is 0.380. The fourth-order valence-corrected chi connectivity index (χ4v) is 3.04. The number of nitrogens with zero attached hydrogens (tertiary/aromatic N) is 3. The molecule has 1 aromatic heterocycles. The lowest BCUT2D eigenvalue weighted by Crippen LogP contribution is -2.31. The minimum Gasteiger partial charge on any atom is -0.425 e. The van der Waals surface area contributed by atoms with Crippen LogP contribution in [0.5, 0.6) is 0 Å². The average molecular weight is 433 g/mol. The Balaban J connectivity index is 1.51. The van der Waals surface area contributed by atoms with Crippen molar-refractivity contribution in [2.75, 3.05) is 13.6 Å². The third-order valence-electron chi connectivity index (χ3n) is 4.73. The standard InChI is InChI=1S/C22H22F3N3O3/c1-28(14-18(29)16-7-3-2-4-8-16)21(30)11-10-19-26-27-20(31-19)13-15-6-5-9-17(12-15)22(23,24)25/h2-9,12,18,29H,10-11,13-14H2,1H3. The Labute approximate surface area is 177 Å². The first kappa shape index (κ1) is 22.5. The maximum Gasteiger partial charge on any atom is 0.416 e.